The Hall–Kier alpha value is -2.58. The summed E-state index contributed by atoms with van der Waals surface area (Å²) in [5.41, 5.74) is 1.08. The molecule has 0 spiro atoms. The van der Waals surface area contributed by atoms with Crippen molar-refractivity contribution in [2.24, 2.45) is 0 Å². The minimum Gasteiger partial charge on any atom is -0.494 e. The highest BCUT2D eigenvalue weighted by atomic mass is 35.5. The summed E-state index contributed by atoms with van der Waals surface area (Å²) >= 11 is 12.2. The standard InChI is InChI=1S/C23H22Cl2N2O4S/c1-2-31-18-9-11-19(12-10-18)32(29,30)27-22(14-16-6-4-3-5-7-16)23(28)26-21-15-17(24)8-13-20(21)25/h3-13,15,22,27H,2,14H2,1H3,(H,26,28)/t22-/m0/s1. The number of ether oxygens (including phenoxy) is 1. The van der Waals surface area contributed by atoms with Crippen LogP contribution in [0.15, 0.2) is 77.7 Å². The molecule has 0 radical (unpaired) electrons. The van der Waals surface area contributed by atoms with Crippen molar-refractivity contribution in [3.05, 3.63) is 88.4 Å². The van der Waals surface area contributed by atoms with E-state index < -0.39 is 22.0 Å². The van der Waals surface area contributed by atoms with Gasteiger partial charge in [-0.05, 0) is 61.4 Å². The summed E-state index contributed by atoms with van der Waals surface area (Å²) in [4.78, 5) is 13.1. The van der Waals surface area contributed by atoms with Gasteiger partial charge in [-0.1, -0.05) is 53.5 Å². The number of rotatable bonds is 9. The number of carbonyl (C=O) groups excluding carboxylic acids is 1. The first-order valence-electron chi connectivity index (χ1n) is 9.83. The maximum Gasteiger partial charge on any atom is 0.242 e. The third-order valence-corrected chi connectivity index (χ3v) is 6.58. The number of benzene rings is 3. The van der Waals surface area contributed by atoms with Gasteiger partial charge in [0.15, 0.2) is 0 Å². The summed E-state index contributed by atoms with van der Waals surface area (Å²) in [5, 5.41) is 3.34. The lowest BCUT2D eigenvalue weighted by Crippen LogP contribution is -2.45. The largest absolute Gasteiger partial charge is 0.494 e. The molecule has 0 aromatic heterocycles. The van der Waals surface area contributed by atoms with Crippen molar-refractivity contribution in [1.29, 1.82) is 0 Å². The number of halogens is 2. The van der Waals surface area contributed by atoms with Crippen LogP contribution in [-0.2, 0) is 21.2 Å². The first-order valence-corrected chi connectivity index (χ1v) is 12.1. The van der Waals surface area contributed by atoms with Gasteiger partial charge < -0.3 is 10.1 Å². The normalized spacial score (nSPS) is 12.2. The Morgan fingerprint density at radius 3 is 2.34 bits per heavy atom. The van der Waals surface area contributed by atoms with Crippen LogP contribution in [0.4, 0.5) is 5.69 Å². The maximum atomic E-state index is 13.1. The molecular formula is C23H22Cl2N2O4S. The lowest BCUT2D eigenvalue weighted by molar-refractivity contribution is -0.117. The van der Waals surface area contributed by atoms with E-state index in [1.165, 1.54) is 18.2 Å². The molecular weight excluding hydrogens is 471 g/mol. The number of hydrogen-bond acceptors (Lipinski definition) is 4. The van der Waals surface area contributed by atoms with Gasteiger partial charge in [-0.2, -0.15) is 4.72 Å². The van der Waals surface area contributed by atoms with Gasteiger partial charge in [0.2, 0.25) is 15.9 Å². The molecule has 3 aromatic rings. The van der Waals surface area contributed by atoms with E-state index in [-0.39, 0.29) is 16.3 Å². The molecule has 9 heteroatoms. The van der Waals surface area contributed by atoms with Crippen LogP contribution < -0.4 is 14.8 Å². The van der Waals surface area contributed by atoms with Gasteiger partial charge in [0.25, 0.3) is 0 Å². The van der Waals surface area contributed by atoms with E-state index in [9.17, 15) is 13.2 Å². The second kappa shape index (κ2) is 10.8. The molecule has 0 aliphatic heterocycles. The highest BCUT2D eigenvalue weighted by Gasteiger charge is 2.27. The molecule has 3 aromatic carbocycles. The second-order valence-corrected chi connectivity index (χ2v) is 9.44. The van der Waals surface area contributed by atoms with Crippen LogP contribution in [0.1, 0.15) is 12.5 Å². The first kappa shape index (κ1) is 24.1. The van der Waals surface area contributed by atoms with Crippen molar-refractivity contribution in [3.8, 4) is 5.75 Å². The number of sulfonamides is 1. The molecule has 0 saturated heterocycles. The van der Waals surface area contributed by atoms with E-state index in [0.717, 1.165) is 5.56 Å². The van der Waals surface area contributed by atoms with Crippen molar-refractivity contribution in [1.82, 2.24) is 4.72 Å². The topological polar surface area (TPSA) is 84.5 Å². The van der Waals surface area contributed by atoms with E-state index in [4.69, 9.17) is 27.9 Å². The van der Waals surface area contributed by atoms with Crippen LogP contribution in [0.25, 0.3) is 0 Å². The smallest absolute Gasteiger partial charge is 0.242 e. The van der Waals surface area contributed by atoms with Gasteiger partial charge in [-0.3, -0.25) is 4.79 Å². The van der Waals surface area contributed by atoms with Gasteiger partial charge >= 0.3 is 0 Å². The van der Waals surface area contributed by atoms with Crippen molar-refractivity contribution in [2.75, 3.05) is 11.9 Å². The zero-order chi connectivity index (χ0) is 23.1. The Kier molecular flexibility index (Phi) is 8.15. The minimum absolute atomic E-state index is 0.0209. The van der Waals surface area contributed by atoms with Gasteiger partial charge in [0.1, 0.15) is 11.8 Å². The molecule has 6 nitrogen and oxygen atoms in total. The molecule has 0 aliphatic carbocycles. The monoisotopic (exact) mass is 492 g/mol. The molecule has 1 amide bonds. The Labute approximate surface area is 197 Å². The minimum atomic E-state index is -3.99. The number of nitrogens with one attached hydrogen (secondary N) is 2. The number of carbonyl (C=O) groups is 1. The lowest BCUT2D eigenvalue weighted by atomic mass is 10.1. The lowest BCUT2D eigenvalue weighted by Gasteiger charge is -2.19. The Balaban J connectivity index is 1.86. The summed E-state index contributed by atoms with van der Waals surface area (Å²) in [7, 11) is -3.99. The molecule has 0 saturated carbocycles. The second-order valence-electron chi connectivity index (χ2n) is 6.88. The highest BCUT2D eigenvalue weighted by molar-refractivity contribution is 7.89. The Morgan fingerprint density at radius 1 is 1.00 bits per heavy atom. The Bertz CT molecular complexity index is 1170. The molecule has 0 bridgehead atoms. The van der Waals surface area contributed by atoms with Gasteiger partial charge in [-0.15, -0.1) is 0 Å². The summed E-state index contributed by atoms with van der Waals surface area (Å²) in [5.74, 6) is -0.00634. The van der Waals surface area contributed by atoms with Crippen molar-refractivity contribution >= 4 is 44.8 Å². The van der Waals surface area contributed by atoms with Crippen molar-refractivity contribution < 1.29 is 17.9 Å². The molecule has 168 valence electrons. The highest BCUT2D eigenvalue weighted by Crippen LogP contribution is 2.26. The van der Waals surface area contributed by atoms with Crippen LogP contribution in [0.3, 0.4) is 0 Å². The third kappa shape index (κ3) is 6.46. The molecule has 0 aliphatic rings. The van der Waals surface area contributed by atoms with Gasteiger partial charge in [0.05, 0.1) is 22.2 Å². The maximum absolute atomic E-state index is 13.1. The van der Waals surface area contributed by atoms with Gasteiger partial charge in [-0.25, -0.2) is 8.42 Å². The molecule has 3 rings (SSSR count). The van der Waals surface area contributed by atoms with Crippen molar-refractivity contribution in [3.63, 3.8) is 0 Å². The quantitative estimate of drug-likeness (QED) is 0.443. The summed E-state index contributed by atoms with van der Waals surface area (Å²) in [6.45, 7) is 2.31. The van der Waals surface area contributed by atoms with E-state index in [1.807, 2.05) is 37.3 Å². The van der Waals surface area contributed by atoms with Crippen LogP contribution >= 0.6 is 23.2 Å². The summed E-state index contributed by atoms with van der Waals surface area (Å²) in [6.07, 6.45) is 0.140. The molecule has 0 heterocycles. The first-order chi connectivity index (χ1) is 15.3. The molecule has 0 fully saturated rings. The predicted molar refractivity (Wildman–Crippen MR) is 127 cm³/mol. The molecule has 1 atom stereocenters. The molecule has 32 heavy (non-hydrogen) atoms. The summed E-state index contributed by atoms with van der Waals surface area (Å²) < 4.78 is 33.9. The average Bonchev–Trinajstić information content (AvgIpc) is 2.77. The molecule has 0 unspecified atom stereocenters. The zero-order valence-corrected chi connectivity index (χ0v) is 19.5. The van der Waals surface area contributed by atoms with E-state index >= 15 is 0 Å². The van der Waals surface area contributed by atoms with Crippen molar-refractivity contribution in [2.45, 2.75) is 24.3 Å². The Morgan fingerprint density at radius 2 is 1.69 bits per heavy atom. The zero-order valence-electron chi connectivity index (χ0n) is 17.2. The van der Waals surface area contributed by atoms with Crippen LogP contribution in [-0.4, -0.2) is 27.0 Å². The fourth-order valence-corrected chi connectivity index (χ4v) is 4.52. The fraction of sp³-hybridized carbons (Fsp3) is 0.174. The number of anilines is 1. The van der Waals surface area contributed by atoms with Crippen LogP contribution in [0, 0.1) is 0 Å². The fourth-order valence-electron chi connectivity index (χ4n) is 2.99. The number of amides is 1. The SMILES string of the molecule is CCOc1ccc(S(=O)(=O)N[C@@H](Cc2ccccc2)C(=O)Nc2cc(Cl)ccc2Cl)cc1. The number of hydrogen-bond donors (Lipinski definition) is 2. The van der Waals surface area contributed by atoms with Gasteiger partial charge in [0, 0.05) is 5.02 Å². The third-order valence-electron chi connectivity index (χ3n) is 4.53. The van der Waals surface area contributed by atoms with Crippen LogP contribution in [0.5, 0.6) is 5.75 Å². The van der Waals surface area contributed by atoms with E-state index in [2.05, 4.69) is 10.0 Å². The van der Waals surface area contributed by atoms with E-state index in [1.54, 1.807) is 24.3 Å². The van der Waals surface area contributed by atoms with Crippen LogP contribution in [0.2, 0.25) is 10.0 Å². The van der Waals surface area contributed by atoms with E-state index in [0.29, 0.717) is 23.1 Å². The molecule has 2 N–H and O–H groups in total. The average molecular weight is 493 g/mol. The summed E-state index contributed by atoms with van der Waals surface area (Å²) in [6, 6.07) is 18.7. The predicted octanol–water partition coefficient (Wildman–Crippen LogP) is 4.92.